The van der Waals surface area contributed by atoms with Crippen LogP contribution in [0.4, 0.5) is 5.69 Å². The highest BCUT2D eigenvalue weighted by atomic mass is 32.1. The Morgan fingerprint density at radius 2 is 1.50 bits per heavy atom. The molecule has 0 unspecified atom stereocenters. The van der Waals surface area contributed by atoms with E-state index in [1.54, 1.807) is 42.5 Å². The van der Waals surface area contributed by atoms with E-state index in [0.717, 1.165) is 32.4 Å². The summed E-state index contributed by atoms with van der Waals surface area (Å²) in [5, 5.41) is 5.90. The topological polar surface area (TPSA) is 70.7 Å². The SMILES string of the molecule is O=C(NC(=S)Nc1ccc(C(=O)N2CCCCCC2)cc1)c1ccccc1OCCc1ccccc1. The van der Waals surface area contributed by atoms with Gasteiger partial charge >= 0.3 is 0 Å². The van der Waals surface area contributed by atoms with E-state index in [4.69, 9.17) is 17.0 Å². The largest absolute Gasteiger partial charge is 0.492 e. The molecule has 1 saturated heterocycles. The molecule has 0 saturated carbocycles. The summed E-state index contributed by atoms with van der Waals surface area (Å²) in [7, 11) is 0. The Bertz CT molecular complexity index is 1170. The van der Waals surface area contributed by atoms with Crippen molar-refractivity contribution in [1.29, 1.82) is 0 Å². The molecule has 2 N–H and O–H groups in total. The molecule has 186 valence electrons. The molecule has 0 spiro atoms. The van der Waals surface area contributed by atoms with Crippen molar-refractivity contribution >= 4 is 34.8 Å². The zero-order valence-electron chi connectivity index (χ0n) is 20.2. The van der Waals surface area contributed by atoms with E-state index in [2.05, 4.69) is 10.6 Å². The highest BCUT2D eigenvalue weighted by Gasteiger charge is 2.17. The summed E-state index contributed by atoms with van der Waals surface area (Å²) in [6.45, 7) is 2.08. The predicted molar refractivity (Wildman–Crippen MR) is 147 cm³/mol. The molecule has 0 radical (unpaired) electrons. The number of rotatable bonds is 7. The summed E-state index contributed by atoms with van der Waals surface area (Å²) < 4.78 is 5.90. The van der Waals surface area contributed by atoms with Gasteiger partial charge in [-0.1, -0.05) is 55.3 Å². The first-order valence-corrected chi connectivity index (χ1v) is 12.8. The van der Waals surface area contributed by atoms with Gasteiger partial charge in [-0.3, -0.25) is 14.9 Å². The number of ether oxygens (including phenoxy) is 1. The summed E-state index contributed by atoms with van der Waals surface area (Å²) in [5.74, 6) is 0.212. The summed E-state index contributed by atoms with van der Waals surface area (Å²) in [5.41, 5.74) is 2.93. The Labute approximate surface area is 217 Å². The summed E-state index contributed by atoms with van der Waals surface area (Å²) in [6.07, 6.45) is 5.22. The second-order valence-electron chi connectivity index (χ2n) is 8.77. The number of likely N-dealkylation sites (tertiary alicyclic amines) is 1. The van der Waals surface area contributed by atoms with E-state index in [9.17, 15) is 9.59 Å². The lowest BCUT2D eigenvalue weighted by molar-refractivity contribution is 0.0761. The second kappa shape index (κ2) is 12.8. The van der Waals surface area contributed by atoms with Crippen LogP contribution in [0, 0.1) is 0 Å². The van der Waals surface area contributed by atoms with Gasteiger partial charge in [0.1, 0.15) is 5.75 Å². The number of anilines is 1. The van der Waals surface area contributed by atoms with E-state index < -0.39 is 0 Å². The van der Waals surface area contributed by atoms with Gasteiger partial charge in [0, 0.05) is 30.8 Å². The lowest BCUT2D eigenvalue weighted by atomic mass is 10.1. The highest BCUT2D eigenvalue weighted by Crippen LogP contribution is 2.19. The van der Waals surface area contributed by atoms with E-state index in [-0.39, 0.29) is 16.9 Å². The van der Waals surface area contributed by atoms with Crippen LogP contribution in [-0.2, 0) is 6.42 Å². The predicted octanol–water partition coefficient (Wildman–Crippen LogP) is 5.45. The van der Waals surface area contributed by atoms with Crippen LogP contribution in [0.15, 0.2) is 78.9 Å². The molecular weight excluding hydrogens is 470 g/mol. The summed E-state index contributed by atoms with van der Waals surface area (Å²) in [6, 6.07) is 24.3. The highest BCUT2D eigenvalue weighted by molar-refractivity contribution is 7.80. The molecule has 0 bridgehead atoms. The maximum atomic E-state index is 12.9. The molecule has 6 nitrogen and oxygen atoms in total. The lowest BCUT2D eigenvalue weighted by Gasteiger charge is -2.20. The molecule has 0 aromatic heterocycles. The third kappa shape index (κ3) is 7.15. The van der Waals surface area contributed by atoms with Crippen LogP contribution >= 0.6 is 12.2 Å². The van der Waals surface area contributed by atoms with Crippen molar-refractivity contribution in [2.24, 2.45) is 0 Å². The van der Waals surface area contributed by atoms with Gasteiger partial charge in [0.2, 0.25) is 0 Å². The quantitative estimate of drug-likeness (QED) is 0.421. The minimum atomic E-state index is -0.351. The molecule has 7 heteroatoms. The minimum absolute atomic E-state index is 0.0585. The molecule has 4 rings (SSSR count). The molecule has 1 aliphatic heterocycles. The molecule has 0 atom stereocenters. The van der Waals surface area contributed by atoms with Gasteiger partial charge in [-0.2, -0.15) is 0 Å². The Balaban J connectivity index is 1.30. The van der Waals surface area contributed by atoms with Gasteiger partial charge in [-0.15, -0.1) is 0 Å². The van der Waals surface area contributed by atoms with E-state index in [0.29, 0.717) is 29.2 Å². The van der Waals surface area contributed by atoms with Crippen LogP contribution in [0.5, 0.6) is 5.75 Å². The smallest absolute Gasteiger partial charge is 0.261 e. The average molecular weight is 502 g/mol. The van der Waals surface area contributed by atoms with Crippen LogP contribution in [0.3, 0.4) is 0 Å². The normalized spacial score (nSPS) is 13.4. The van der Waals surface area contributed by atoms with Gasteiger partial charge in [-0.05, 0) is 67.0 Å². The number of carbonyl (C=O) groups is 2. The Kier molecular flexibility index (Phi) is 9.05. The number of hydrogen-bond donors (Lipinski definition) is 2. The molecule has 1 fully saturated rings. The first-order chi connectivity index (χ1) is 17.6. The Hall–Kier alpha value is -3.71. The zero-order chi connectivity index (χ0) is 25.2. The number of benzene rings is 3. The fourth-order valence-electron chi connectivity index (χ4n) is 4.19. The molecule has 3 aromatic carbocycles. The van der Waals surface area contributed by atoms with Crippen LogP contribution in [0.1, 0.15) is 52.0 Å². The van der Waals surface area contributed by atoms with Crippen molar-refractivity contribution in [3.8, 4) is 5.75 Å². The van der Waals surface area contributed by atoms with Crippen molar-refractivity contribution in [1.82, 2.24) is 10.2 Å². The number of para-hydroxylation sites is 1. The third-order valence-electron chi connectivity index (χ3n) is 6.13. The molecule has 1 heterocycles. The van der Waals surface area contributed by atoms with Crippen LogP contribution in [-0.4, -0.2) is 41.5 Å². The molecule has 2 amide bonds. The van der Waals surface area contributed by atoms with Crippen LogP contribution < -0.4 is 15.4 Å². The minimum Gasteiger partial charge on any atom is -0.492 e. The number of carbonyl (C=O) groups excluding carboxylic acids is 2. The Morgan fingerprint density at radius 1 is 0.833 bits per heavy atom. The zero-order valence-corrected chi connectivity index (χ0v) is 21.1. The maximum Gasteiger partial charge on any atom is 0.261 e. The van der Waals surface area contributed by atoms with Crippen LogP contribution in [0.2, 0.25) is 0 Å². The van der Waals surface area contributed by atoms with Crippen LogP contribution in [0.25, 0.3) is 0 Å². The monoisotopic (exact) mass is 501 g/mol. The fourth-order valence-corrected chi connectivity index (χ4v) is 4.40. The molecule has 36 heavy (non-hydrogen) atoms. The summed E-state index contributed by atoms with van der Waals surface area (Å²) >= 11 is 5.35. The molecule has 3 aromatic rings. The molecular formula is C29H31N3O3S. The van der Waals surface area contributed by atoms with Crippen molar-refractivity contribution in [3.63, 3.8) is 0 Å². The first-order valence-electron chi connectivity index (χ1n) is 12.4. The van der Waals surface area contributed by atoms with Crippen molar-refractivity contribution in [2.45, 2.75) is 32.1 Å². The Morgan fingerprint density at radius 3 is 2.22 bits per heavy atom. The number of nitrogens with one attached hydrogen (secondary N) is 2. The lowest BCUT2D eigenvalue weighted by Crippen LogP contribution is -2.34. The average Bonchev–Trinajstić information content (AvgIpc) is 3.19. The van der Waals surface area contributed by atoms with Gasteiger partial charge in [-0.25, -0.2) is 0 Å². The number of hydrogen-bond acceptors (Lipinski definition) is 4. The first kappa shape index (κ1) is 25.4. The fraction of sp³-hybridized carbons (Fsp3) is 0.276. The molecule has 0 aliphatic carbocycles. The van der Waals surface area contributed by atoms with Gasteiger partial charge in [0.25, 0.3) is 11.8 Å². The molecule has 1 aliphatic rings. The maximum absolute atomic E-state index is 12.9. The van der Waals surface area contributed by atoms with Crippen molar-refractivity contribution < 1.29 is 14.3 Å². The third-order valence-corrected chi connectivity index (χ3v) is 6.34. The van der Waals surface area contributed by atoms with E-state index in [1.165, 1.54) is 18.4 Å². The number of nitrogens with zero attached hydrogens (tertiary/aromatic N) is 1. The van der Waals surface area contributed by atoms with Crippen molar-refractivity contribution in [3.05, 3.63) is 95.6 Å². The second-order valence-corrected chi connectivity index (χ2v) is 9.18. The number of thiocarbonyl (C=S) groups is 1. The number of amides is 2. The summed E-state index contributed by atoms with van der Waals surface area (Å²) in [4.78, 5) is 27.6. The van der Waals surface area contributed by atoms with Crippen molar-refractivity contribution in [2.75, 3.05) is 25.0 Å². The van der Waals surface area contributed by atoms with E-state index in [1.807, 2.05) is 41.3 Å². The standard InChI is InChI=1S/C29H31N3O3S/c33-27(25-12-6-7-13-26(25)35-21-18-22-10-4-3-5-11-22)31-29(36)30-24-16-14-23(15-17-24)28(34)32-19-8-1-2-9-20-32/h3-7,10-17H,1-2,8-9,18-21H2,(H2,30,31,33,36). The van der Waals surface area contributed by atoms with Gasteiger partial charge < -0.3 is 15.0 Å². The van der Waals surface area contributed by atoms with Gasteiger partial charge in [0.15, 0.2) is 5.11 Å². The van der Waals surface area contributed by atoms with Gasteiger partial charge in [0.05, 0.1) is 12.2 Å². The van der Waals surface area contributed by atoms with E-state index >= 15 is 0 Å².